The quantitative estimate of drug-likeness (QED) is 0.285. The van der Waals surface area contributed by atoms with Crippen LogP contribution in [0.5, 0.6) is 0 Å². The van der Waals surface area contributed by atoms with Crippen molar-refractivity contribution < 1.29 is 4.74 Å². The molecule has 1 aromatic carbocycles. The smallest absolute Gasteiger partial charge is 0.267 e. The largest absolute Gasteiger partial charge is 0.372 e. The molecule has 3 heterocycles. The molecule has 0 bridgehead atoms. The summed E-state index contributed by atoms with van der Waals surface area (Å²) in [6, 6.07) is 8.08. The number of fused-ring (bicyclic) bond motifs is 3. The second kappa shape index (κ2) is 8.62. The first kappa shape index (κ1) is 20.6. The van der Waals surface area contributed by atoms with Gasteiger partial charge in [-0.15, -0.1) is 11.3 Å². The van der Waals surface area contributed by atoms with E-state index in [1.54, 1.807) is 23.1 Å². The summed E-state index contributed by atoms with van der Waals surface area (Å²) in [5, 5.41) is 1.59. The maximum Gasteiger partial charge on any atom is 0.267 e. The number of rotatable bonds is 6. The molecular formula is C23H28N2O2S2. The van der Waals surface area contributed by atoms with Crippen molar-refractivity contribution in [2.75, 3.05) is 5.75 Å². The van der Waals surface area contributed by atoms with Crippen LogP contribution in [0.3, 0.4) is 0 Å². The molecule has 4 nitrogen and oxygen atoms in total. The minimum Gasteiger partial charge on any atom is -0.372 e. The maximum atomic E-state index is 13.8. The average molecular weight is 429 g/mol. The number of hydrogen-bond donors (Lipinski definition) is 0. The van der Waals surface area contributed by atoms with Crippen molar-refractivity contribution in [1.29, 1.82) is 0 Å². The summed E-state index contributed by atoms with van der Waals surface area (Å²) in [6.45, 7) is 9.18. The fourth-order valence-corrected chi connectivity index (χ4v) is 6.02. The number of nitrogens with zero attached hydrogens (tertiary/aromatic N) is 2. The van der Waals surface area contributed by atoms with Crippen molar-refractivity contribution in [1.82, 2.24) is 9.55 Å². The molecule has 29 heavy (non-hydrogen) atoms. The minimum absolute atomic E-state index is 0.0604. The summed E-state index contributed by atoms with van der Waals surface area (Å²) in [7, 11) is 0. The third-order valence-electron chi connectivity index (χ3n) is 5.54. The van der Waals surface area contributed by atoms with Crippen LogP contribution in [0.15, 0.2) is 34.2 Å². The van der Waals surface area contributed by atoms with Crippen molar-refractivity contribution in [3.8, 4) is 5.69 Å². The second-order valence-electron chi connectivity index (χ2n) is 8.00. The lowest BCUT2D eigenvalue weighted by molar-refractivity contribution is 0.00200. The lowest BCUT2D eigenvalue weighted by Crippen LogP contribution is -2.28. The Morgan fingerprint density at radius 3 is 2.86 bits per heavy atom. The molecule has 0 spiro atoms. The second-order valence-corrected chi connectivity index (χ2v) is 10.2. The van der Waals surface area contributed by atoms with Gasteiger partial charge in [-0.1, -0.05) is 57.2 Å². The minimum atomic E-state index is 0.0604. The standard InChI is InChI=1S/C23H28N2O2S2/c1-5-6-11-28-23-24-21-20(16-12-18(14(2)3)27-13-19(16)29-21)22(26)25(23)17-10-8-7-9-15(17)4/h7-10,14,18H,5-6,11-13H2,1-4H3/t18-/m1/s1. The Balaban J connectivity index is 1.92. The SMILES string of the molecule is CCCCSc1nc2sc3c(c2c(=O)n1-c1ccccc1C)C[C@H](C(C)C)OC3. The molecule has 2 aromatic heterocycles. The molecule has 4 rings (SSSR count). The molecular weight excluding hydrogens is 400 g/mol. The summed E-state index contributed by atoms with van der Waals surface area (Å²) >= 11 is 3.31. The van der Waals surface area contributed by atoms with Gasteiger partial charge in [0.2, 0.25) is 0 Å². The van der Waals surface area contributed by atoms with Gasteiger partial charge in [0.25, 0.3) is 5.56 Å². The van der Waals surface area contributed by atoms with Gasteiger partial charge in [0, 0.05) is 17.1 Å². The number of thioether (sulfide) groups is 1. The first-order valence-electron chi connectivity index (χ1n) is 10.4. The maximum absolute atomic E-state index is 13.8. The summed E-state index contributed by atoms with van der Waals surface area (Å²) in [4.78, 5) is 20.8. The first-order valence-corrected chi connectivity index (χ1v) is 12.2. The fourth-order valence-electron chi connectivity index (χ4n) is 3.77. The summed E-state index contributed by atoms with van der Waals surface area (Å²) in [5.41, 5.74) is 3.23. The van der Waals surface area contributed by atoms with E-state index in [4.69, 9.17) is 9.72 Å². The molecule has 1 aliphatic heterocycles. The van der Waals surface area contributed by atoms with Crippen molar-refractivity contribution in [3.05, 3.63) is 50.6 Å². The Morgan fingerprint density at radius 2 is 2.14 bits per heavy atom. The van der Waals surface area contributed by atoms with E-state index in [0.29, 0.717) is 12.5 Å². The van der Waals surface area contributed by atoms with E-state index in [0.717, 1.165) is 62.1 Å². The normalized spacial score (nSPS) is 16.5. The van der Waals surface area contributed by atoms with Crippen LogP contribution in [0, 0.1) is 12.8 Å². The van der Waals surface area contributed by atoms with Gasteiger partial charge in [0.15, 0.2) is 5.16 Å². The van der Waals surface area contributed by atoms with Crippen molar-refractivity contribution in [2.24, 2.45) is 5.92 Å². The van der Waals surface area contributed by atoms with Gasteiger partial charge in [-0.3, -0.25) is 9.36 Å². The van der Waals surface area contributed by atoms with Crippen LogP contribution in [0.1, 0.15) is 49.6 Å². The predicted molar refractivity (Wildman–Crippen MR) is 123 cm³/mol. The van der Waals surface area contributed by atoms with Gasteiger partial charge in [0.1, 0.15) is 4.83 Å². The number of hydrogen-bond acceptors (Lipinski definition) is 5. The molecule has 3 aromatic rings. The molecule has 154 valence electrons. The molecule has 0 saturated carbocycles. The third-order valence-corrected chi connectivity index (χ3v) is 7.66. The van der Waals surface area contributed by atoms with Gasteiger partial charge in [-0.25, -0.2) is 4.98 Å². The molecule has 0 unspecified atom stereocenters. The summed E-state index contributed by atoms with van der Waals surface area (Å²) in [5.74, 6) is 1.39. The molecule has 0 amide bonds. The molecule has 0 fully saturated rings. The molecule has 1 aliphatic rings. The molecule has 0 aliphatic carbocycles. The van der Waals surface area contributed by atoms with Crippen LogP contribution >= 0.6 is 23.1 Å². The highest BCUT2D eigenvalue weighted by atomic mass is 32.2. The molecule has 0 N–H and O–H groups in total. The van der Waals surface area contributed by atoms with E-state index in [1.165, 1.54) is 0 Å². The monoisotopic (exact) mass is 428 g/mol. The molecule has 6 heteroatoms. The molecule has 0 radical (unpaired) electrons. The Labute approximate surface area is 180 Å². The lowest BCUT2D eigenvalue weighted by atomic mass is 9.96. The highest BCUT2D eigenvalue weighted by Crippen LogP contribution is 2.36. The Bertz CT molecular complexity index is 1080. The highest BCUT2D eigenvalue weighted by molar-refractivity contribution is 7.99. The number of para-hydroxylation sites is 1. The van der Waals surface area contributed by atoms with Crippen LogP contribution in [-0.4, -0.2) is 21.4 Å². The van der Waals surface area contributed by atoms with E-state index < -0.39 is 0 Å². The van der Waals surface area contributed by atoms with Crippen molar-refractivity contribution in [3.63, 3.8) is 0 Å². The zero-order valence-electron chi connectivity index (χ0n) is 17.5. The topological polar surface area (TPSA) is 44.1 Å². The zero-order chi connectivity index (χ0) is 20.5. The lowest BCUT2D eigenvalue weighted by Gasteiger charge is -2.26. The molecule has 1 atom stereocenters. The van der Waals surface area contributed by atoms with Crippen molar-refractivity contribution >= 4 is 33.3 Å². The van der Waals surface area contributed by atoms with Gasteiger partial charge in [-0.2, -0.15) is 0 Å². The summed E-state index contributed by atoms with van der Waals surface area (Å²) < 4.78 is 7.89. The zero-order valence-corrected chi connectivity index (χ0v) is 19.2. The Hall–Kier alpha value is -1.63. The Morgan fingerprint density at radius 1 is 1.34 bits per heavy atom. The Kier molecular flexibility index (Phi) is 6.13. The van der Waals surface area contributed by atoms with Crippen LogP contribution < -0.4 is 5.56 Å². The van der Waals surface area contributed by atoms with Crippen LogP contribution in [0.4, 0.5) is 0 Å². The predicted octanol–water partition coefficient (Wildman–Crippen LogP) is 5.75. The van der Waals surface area contributed by atoms with Gasteiger partial charge in [-0.05, 0) is 36.5 Å². The van der Waals surface area contributed by atoms with Gasteiger partial charge in [0.05, 0.1) is 23.8 Å². The molecule has 0 saturated heterocycles. The third kappa shape index (κ3) is 3.90. The number of unbranched alkanes of at least 4 members (excludes halogenated alkanes) is 1. The van der Waals surface area contributed by atoms with E-state index >= 15 is 0 Å². The average Bonchev–Trinajstić information content (AvgIpc) is 3.07. The van der Waals surface area contributed by atoms with Crippen LogP contribution in [0.25, 0.3) is 15.9 Å². The van der Waals surface area contributed by atoms with Crippen LogP contribution in [0.2, 0.25) is 0 Å². The first-order chi connectivity index (χ1) is 14.0. The number of benzene rings is 1. The van der Waals surface area contributed by atoms with E-state index in [9.17, 15) is 4.79 Å². The highest BCUT2D eigenvalue weighted by Gasteiger charge is 2.28. The van der Waals surface area contributed by atoms with E-state index in [2.05, 4.69) is 33.8 Å². The summed E-state index contributed by atoms with van der Waals surface area (Å²) in [6.07, 6.45) is 3.19. The number of ether oxygens (including phenoxy) is 1. The van der Waals surface area contributed by atoms with Gasteiger partial charge >= 0.3 is 0 Å². The number of aromatic nitrogens is 2. The van der Waals surface area contributed by atoms with E-state index in [-0.39, 0.29) is 11.7 Å². The van der Waals surface area contributed by atoms with Crippen molar-refractivity contribution in [2.45, 2.75) is 64.8 Å². The number of aryl methyl sites for hydroxylation is 1. The van der Waals surface area contributed by atoms with Gasteiger partial charge < -0.3 is 4.74 Å². The van der Waals surface area contributed by atoms with E-state index in [1.807, 2.05) is 22.8 Å². The number of thiophene rings is 1. The fraction of sp³-hybridized carbons (Fsp3) is 0.478. The van der Waals surface area contributed by atoms with Crippen LogP contribution in [-0.2, 0) is 17.8 Å².